The van der Waals surface area contributed by atoms with Gasteiger partial charge in [-0.2, -0.15) is 0 Å². The number of sulfonamides is 1. The van der Waals surface area contributed by atoms with E-state index in [1.165, 1.54) is 24.3 Å². The van der Waals surface area contributed by atoms with Crippen molar-refractivity contribution < 1.29 is 27.8 Å². The molecule has 1 aliphatic heterocycles. The van der Waals surface area contributed by atoms with E-state index in [0.717, 1.165) is 31.5 Å². The first kappa shape index (κ1) is 30.5. The van der Waals surface area contributed by atoms with Crippen LogP contribution in [-0.2, 0) is 16.4 Å². The van der Waals surface area contributed by atoms with Gasteiger partial charge in [0.1, 0.15) is 30.0 Å². The van der Waals surface area contributed by atoms with Crippen LogP contribution in [0.5, 0.6) is 11.5 Å². The molecule has 11 nitrogen and oxygen atoms in total. The number of ether oxygens (including phenoxy) is 2. The Morgan fingerprint density at radius 3 is 2.38 bits per heavy atom. The van der Waals surface area contributed by atoms with E-state index in [0.29, 0.717) is 22.9 Å². The van der Waals surface area contributed by atoms with Gasteiger partial charge in [-0.3, -0.25) is 10.8 Å². The predicted octanol–water partition coefficient (Wildman–Crippen LogP) is 3.48. The molecule has 1 atom stereocenters. The lowest BCUT2D eigenvalue weighted by Crippen LogP contribution is -2.41. The second kappa shape index (κ2) is 13.5. The van der Waals surface area contributed by atoms with Crippen molar-refractivity contribution in [3.8, 4) is 11.5 Å². The van der Waals surface area contributed by atoms with Gasteiger partial charge in [0.15, 0.2) is 0 Å². The minimum absolute atomic E-state index is 0.0551. The topological polar surface area (TPSA) is 179 Å². The van der Waals surface area contributed by atoms with E-state index in [1.807, 2.05) is 29.2 Å². The van der Waals surface area contributed by atoms with Gasteiger partial charge in [0, 0.05) is 31.5 Å². The standard InChI is InChI=1S/C30H35N5O6S/c1-20(31)35-15-13-25(14-16-35)41-24-11-9-21(10-12-24)17-23(19-40-26-6-4-5-22(18-26)29(32)33)34-42(38,39)28-8-3-2-7-27(28)30(36)37/h2-12,18,23,25,31,34H,13-17,19H2,1H3,(H3,32,33)(H,36,37)/t23-/m0/s1. The highest BCUT2D eigenvalue weighted by Crippen LogP contribution is 2.22. The van der Waals surface area contributed by atoms with Crippen LogP contribution in [0.25, 0.3) is 0 Å². The Hall–Kier alpha value is -4.42. The summed E-state index contributed by atoms with van der Waals surface area (Å²) < 4.78 is 41.3. The van der Waals surface area contributed by atoms with Crippen molar-refractivity contribution in [3.05, 3.63) is 89.5 Å². The Morgan fingerprint density at radius 1 is 1.05 bits per heavy atom. The summed E-state index contributed by atoms with van der Waals surface area (Å²) >= 11 is 0. The number of nitrogens with one attached hydrogen (secondary N) is 3. The molecule has 0 spiro atoms. The van der Waals surface area contributed by atoms with Crippen LogP contribution in [0.1, 0.15) is 41.3 Å². The van der Waals surface area contributed by atoms with E-state index in [1.54, 1.807) is 31.2 Å². The largest absolute Gasteiger partial charge is 0.492 e. The summed E-state index contributed by atoms with van der Waals surface area (Å²) in [4.78, 5) is 13.4. The van der Waals surface area contributed by atoms with Crippen LogP contribution in [0.2, 0.25) is 0 Å². The zero-order valence-corrected chi connectivity index (χ0v) is 24.1. The summed E-state index contributed by atoms with van der Waals surface area (Å²) in [6.07, 6.45) is 1.95. The smallest absolute Gasteiger partial charge is 0.337 e. The SMILES string of the molecule is CC(=N)N1CCC(Oc2ccc(C[C@@H](COc3cccc(C(=N)N)c3)NS(=O)(=O)c3ccccc3C(=O)O)cc2)CC1. The number of nitrogen functional groups attached to an aromatic ring is 1. The maximum atomic E-state index is 13.3. The molecule has 0 unspecified atom stereocenters. The average Bonchev–Trinajstić information content (AvgIpc) is 2.97. The van der Waals surface area contributed by atoms with Crippen LogP contribution in [0.15, 0.2) is 77.7 Å². The molecule has 12 heteroatoms. The second-order valence-electron chi connectivity index (χ2n) is 10.1. The van der Waals surface area contributed by atoms with E-state index >= 15 is 0 Å². The number of nitrogens with two attached hydrogens (primary N) is 1. The molecule has 1 saturated heterocycles. The number of carboxylic acids is 1. The third-order valence-electron chi connectivity index (χ3n) is 6.95. The van der Waals surface area contributed by atoms with Crippen LogP contribution in [-0.4, -0.2) is 67.9 Å². The van der Waals surface area contributed by atoms with E-state index in [2.05, 4.69) is 4.72 Å². The van der Waals surface area contributed by atoms with Gasteiger partial charge in [0.2, 0.25) is 10.0 Å². The van der Waals surface area contributed by atoms with E-state index in [4.69, 9.17) is 26.0 Å². The number of amidine groups is 2. The molecule has 3 aromatic rings. The van der Waals surface area contributed by atoms with Crippen molar-refractivity contribution in [2.24, 2.45) is 5.73 Å². The van der Waals surface area contributed by atoms with Crippen LogP contribution in [0, 0.1) is 10.8 Å². The zero-order valence-electron chi connectivity index (χ0n) is 23.2. The number of nitrogens with zero attached hydrogens (tertiary/aromatic N) is 1. The van der Waals surface area contributed by atoms with E-state index in [-0.39, 0.29) is 35.4 Å². The molecule has 3 aromatic carbocycles. The summed E-state index contributed by atoms with van der Waals surface area (Å²) in [6, 6.07) is 18.7. The lowest BCUT2D eigenvalue weighted by Gasteiger charge is -2.32. The van der Waals surface area contributed by atoms with E-state index in [9.17, 15) is 18.3 Å². The maximum Gasteiger partial charge on any atom is 0.337 e. The molecule has 0 saturated carbocycles. The lowest BCUT2D eigenvalue weighted by atomic mass is 10.1. The van der Waals surface area contributed by atoms with Gasteiger partial charge >= 0.3 is 5.97 Å². The first-order valence-electron chi connectivity index (χ1n) is 13.5. The highest BCUT2D eigenvalue weighted by atomic mass is 32.2. The Bertz CT molecular complexity index is 1540. The number of benzene rings is 3. The minimum atomic E-state index is -4.23. The van der Waals surface area contributed by atoms with Crippen molar-refractivity contribution in [2.45, 2.75) is 43.2 Å². The first-order valence-corrected chi connectivity index (χ1v) is 15.0. The highest BCUT2D eigenvalue weighted by Gasteiger charge is 2.26. The first-order chi connectivity index (χ1) is 20.0. The Kier molecular flexibility index (Phi) is 9.81. The van der Waals surface area contributed by atoms with Crippen molar-refractivity contribution in [3.63, 3.8) is 0 Å². The lowest BCUT2D eigenvalue weighted by molar-refractivity contribution is 0.0692. The van der Waals surface area contributed by atoms with Crippen molar-refractivity contribution in [2.75, 3.05) is 19.7 Å². The molecule has 42 heavy (non-hydrogen) atoms. The van der Waals surface area contributed by atoms with Crippen molar-refractivity contribution in [1.29, 1.82) is 10.8 Å². The number of rotatable bonds is 12. The summed E-state index contributed by atoms with van der Waals surface area (Å²) in [5.74, 6) is 0.198. The summed E-state index contributed by atoms with van der Waals surface area (Å²) in [6.45, 7) is 3.27. The molecule has 0 aliphatic carbocycles. The number of hydrogen-bond donors (Lipinski definition) is 5. The average molecular weight is 594 g/mol. The minimum Gasteiger partial charge on any atom is -0.492 e. The van der Waals surface area contributed by atoms with Gasteiger partial charge in [-0.15, -0.1) is 0 Å². The summed E-state index contributed by atoms with van der Waals surface area (Å²) in [7, 11) is -4.23. The van der Waals surface area contributed by atoms with Gasteiger partial charge in [-0.1, -0.05) is 36.4 Å². The number of hydrogen-bond acceptors (Lipinski definition) is 7. The molecule has 1 aliphatic rings. The second-order valence-corrected chi connectivity index (χ2v) is 11.8. The number of carboxylic acid groups (broad SMARTS) is 1. The van der Waals surface area contributed by atoms with Gasteiger partial charge in [0.05, 0.1) is 22.3 Å². The highest BCUT2D eigenvalue weighted by molar-refractivity contribution is 7.89. The van der Waals surface area contributed by atoms with Crippen molar-refractivity contribution in [1.82, 2.24) is 9.62 Å². The zero-order chi connectivity index (χ0) is 30.3. The van der Waals surface area contributed by atoms with Crippen LogP contribution >= 0.6 is 0 Å². The van der Waals surface area contributed by atoms with Gasteiger partial charge in [-0.05, 0) is 55.3 Å². The Labute approximate surface area is 245 Å². The number of likely N-dealkylation sites (tertiary alicyclic amines) is 1. The monoisotopic (exact) mass is 593 g/mol. The molecule has 0 radical (unpaired) electrons. The number of piperidine rings is 1. The third-order valence-corrected chi connectivity index (χ3v) is 8.53. The predicted molar refractivity (Wildman–Crippen MR) is 159 cm³/mol. The van der Waals surface area contributed by atoms with Crippen molar-refractivity contribution >= 4 is 27.7 Å². The van der Waals surface area contributed by atoms with Crippen LogP contribution in [0.4, 0.5) is 0 Å². The fourth-order valence-corrected chi connectivity index (χ4v) is 6.16. The number of aromatic carboxylic acids is 1. The molecular weight excluding hydrogens is 558 g/mol. The quantitative estimate of drug-likeness (QED) is 0.156. The van der Waals surface area contributed by atoms with Gasteiger partial charge in [-0.25, -0.2) is 17.9 Å². The van der Waals surface area contributed by atoms with Gasteiger partial charge in [0.25, 0.3) is 0 Å². The van der Waals surface area contributed by atoms with Crippen LogP contribution < -0.4 is 19.9 Å². The molecular formula is C30H35N5O6S. The summed E-state index contributed by atoms with van der Waals surface area (Å²) in [5, 5.41) is 25.0. The maximum absolute atomic E-state index is 13.3. The molecule has 6 N–H and O–H groups in total. The summed E-state index contributed by atoms with van der Waals surface area (Å²) in [5.41, 5.74) is 6.54. The number of carbonyl (C=O) groups is 1. The normalized spacial score (nSPS) is 14.6. The molecule has 4 rings (SSSR count). The molecule has 0 amide bonds. The Morgan fingerprint density at radius 2 is 1.74 bits per heavy atom. The Balaban J connectivity index is 1.49. The third kappa shape index (κ3) is 8.08. The van der Waals surface area contributed by atoms with Gasteiger partial charge < -0.3 is 25.2 Å². The molecule has 222 valence electrons. The fraction of sp³-hybridized carbons (Fsp3) is 0.300. The fourth-order valence-electron chi connectivity index (χ4n) is 4.74. The molecule has 0 bridgehead atoms. The molecule has 0 aromatic heterocycles. The molecule has 1 heterocycles. The van der Waals surface area contributed by atoms with E-state index < -0.39 is 22.0 Å². The molecule has 1 fully saturated rings. The van der Waals surface area contributed by atoms with Crippen LogP contribution in [0.3, 0.4) is 0 Å².